The molecule has 1 aromatic heterocycles. The molecule has 4 heteroatoms. The van der Waals surface area contributed by atoms with E-state index in [4.69, 9.17) is 0 Å². The van der Waals surface area contributed by atoms with E-state index in [2.05, 4.69) is 35.4 Å². The van der Waals surface area contributed by atoms with Gasteiger partial charge in [0.05, 0.1) is 5.69 Å². The highest BCUT2D eigenvalue weighted by Gasteiger charge is 1.97. The smallest absolute Gasteiger partial charge is 0.125 e. The van der Waals surface area contributed by atoms with Gasteiger partial charge >= 0.3 is 0 Å². The van der Waals surface area contributed by atoms with Crippen LogP contribution >= 0.6 is 11.8 Å². The lowest BCUT2D eigenvalue weighted by atomic mass is 10.4. The zero-order valence-corrected chi connectivity index (χ0v) is 10.5. The minimum atomic E-state index is 0.945. The second-order valence-corrected chi connectivity index (χ2v) is 4.73. The van der Waals surface area contributed by atoms with Crippen molar-refractivity contribution in [2.75, 3.05) is 38.8 Å². The van der Waals surface area contributed by atoms with Gasteiger partial charge in [-0.2, -0.15) is 11.8 Å². The molecule has 0 bridgehead atoms. The van der Waals surface area contributed by atoms with E-state index >= 15 is 0 Å². The summed E-state index contributed by atoms with van der Waals surface area (Å²) >= 11 is 1.92. The number of pyridine rings is 1. The minimum Gasteiger partial charge on any atom is -0.373 e. The number of anilines is 1. The SMILES string of the molecule is CNc1cccc(CSCCN(C)C)n1. The van der Waals surface area contributed by atoms with Crippen LogP contribution in [0.4, 0.5) is 5.82 Å². The Morgan fingerprint density at radius 2 is 2.20 bits per heavy atom. The largest absolute Gasteiger partial charge is 0.373 e. The highest BCUT2D eigenvalue weighted by molar-refractivity contribution is 7.98. The van der Waals surface area contributed by atoms with E-state index in [1.165, 1.54) is 0 Å². The standard InChI is InChI=1S/C11H19N3S/c1-12-11-6-4-5-10(13-11)9-15-8-7-14(2)3/h4-6H,7-9H2,1-3H3,(H,12,13). The van der Waals surface area contributed by atoms with E-state index in [0.29, 0.717) is 0 Å². The van der Waals surface area contributed by atoms with Crippen molar-refractivity contribution in [3.05, 3.63) is 23.9 Å². The fourth-order valence-electron chi connectivity index (χ4n) is 1.12. The number of hydrogen-bond donors (Lipinski definition) is 1. The second kappa shape index (κ2) is 6.69. The fourth-order valence-corrected chi connectivity index (χ4v) is 2.13. The van der Waals surface area contributed by atoms with Gasteiger partial charge in [0.1, 0.15) is 5.82 Å². The molecule has 1 rings (SSSR count). The van der Waals surface area contributed by atoms with Gasteiger partial charge in [-0.05, 0) is 26.2 Å². The quantitative estimate of drug-likeness (QED) is 0.749. The van der Waals surface area contributed by atoms with E-state index in [-0.39, 0.29) is 0 Å². The minimum absolute atomic E-state index is 0.945. The molecular weight excluding hydrogens is 206 g/mol. The van der Waals surface area contributed by atoms with Gasteiger partial charge in [-0.1, -0.05) is 6.07 Å². The number of nitrogens with one attached hydrogen (secondary N) is 1. The molecule has 84 valence electrons. The Labute approximate surface area is 96.3 Å². The summed E-state index contributed by atoms with van der Waals surface area (Å²) in [5.41, 5.74) is 1.14. The van der Waals surface area contributed by atoms with Crippen molar-refractivity contribution in [3.63, 3.8) is 0 Å². The number of thioether (sulfide) groups is 1. The first-order chi connectivity index (χ1) is 7.22. The van der Waals surface area contributed by atoms with E-state index in [1.54, 1.807) is 0 Å². The molecule has 1 N–H and O–H groups in total. The van der Waals surface area contributed by atoms with Gasteiger partial charge in [0, 0.05) is 25.1 Å². The molecule has 3 nitrogen and oxygen atoms in total. The second-order valence-electron chi connectivity index (χ2n) is 3.62. The molecule has 0 amide bonds. The topological polar surface area (TPSA) is 28.2 Å². The van der Waals surface area contributed by atoms with Gasteiger partial charge in [0.2, 0.25) is 0 Å². The van der Waals surface area contributed by atoms with Gasteiger partial charge < -0.3 is 10.2 Å². The predicted molar refractivity (Wildman–Crippen MR) is 68.5 cm³/mol. The Hall–Kier alpha value is -0.740. The molecular formula is C11H19N3S. The average Bonchev–Trinajstić information content (AvgIpc) is 2.24. The van der Waals surface area contributed by atoms with Crippen molar-refractivity contribution in [2.24, 2.45) is 0 Å². The Balaban J connectivity index is 2.30. The van der Waals surface area contributed by atoms with Crippen LogP contribution in [0.1, 0.15) is 5.69 Å². The molecule has 0 spiro atoms. The summed E-state index contributed by atoms with van der Waals surface area (Å²) in [6.07, 6.45) is 0. The fraction of sp³-hybridized carbons (Fsp3) is 0.545. The lowest BCUT2D eigenvalue weighted by molar-refractivity contribution is 0.437. The van der Waals surface area contributed by atoms with Crippen LogP contribution in [0.3, 0.4) is 0 Å². The maximum absolute atomic E-state index is 4.46. The van der Waals surface area contributed by atoms with Crippen molar-refractivity contribution in [3.8, 4) is 0 Å². The third-order valence-corrected chi connectivity index (χ3v) is 2.97. The monoisotopic (exact) mass is 225 g/mol. The summed E-state index contributed by atoms with van der Waals surface area (Å²) in [5.74, 6) is 3.09. The molecule has 15 heavy (non-hydrogen) atoms. The van der Waals surface area contributed by atoms with Crippen LogP contribution in [0.5, 0.6) is 0 Å². The summed E-state index contributed by atoms with van der Waals surface area (Å²) in [5, 5.41) is 3.05. The van der Waals surface area contributed by atoms with Crippen LogP contribution in [-0.4, -0.2) is 43.3 Å². The lowest BCUT2D eigenvalue weighted by Crippen LogP contribution is -2.14. The van der Waals surface area contributed by atoms with E-state index < -0.39 is 0 Å². The number of aromatic nitrogens is 1. The summed E-state index contributed by atoms with van der Waals surface area (Å²) in [6.45, 7) is 1.12. The van der Waals surface area contributed by atoms with Crippen LogP contribution in [0.2, 0.25) is 0 Å². The summed E-state index contributed by atoms with van der Waals surface area (Å²) in [6, 6.07) is 6.10. The molecule has 1 aromatic rings. The van der Waals surface area contributed by atoms with Crippen LogP contribution < -0.4 is 5.32 Å². The highest BCUT2D eigenvalue weighted by atomic mass is 32.2. The Bertz CT molecular complexity index is 289. The van der Waals surface area contributed by atoms with Crippen LogP contribution in [0, 0.1) is 0 Å². The molecule has 0 aromatic carbocycles. The molecule has 0 aliphatic rings. The average molecular weight is 225 g/mol. The molecule has 0 aliphatic heterocycles. The Kier molecular flexibility index (Phi) is 5.50. The Morgan fingerprint density at radius 3 is 2.87 bits per heavy atom. The lowest BCUT2D eigenvalue weighted by Gasteiger charge is -2.08. The molecule has 0 fully saturated rings. The summed E-state index contributed by atoms with van der Waals surface area (Å²) in [7, 11) is 6.09. The molecule has 0 saturated heterocycles. The van der Waals surface area contributed by atoms with Gasteiger partial charge in [-0.25, -0.2) is 4.98 Å². The van der Waals surface area contributed by atoms with Gasteiger partial charge in [0.15, 0.2) is 0 Å². The van der Waals surface area contributed by atoms with E-state index in [9.17, 15) is 0 Å². The van der Waals surface area contributed by atoms with Crippen LogP contribution in [-0.2, 0) is 5.75 Å². The van der Waals surface area contributed by atoms with Crippen molar-refractivity contribution >= 4 is 17.6 Å². The van der Waals surface area contributed by atoms with E-state index in [0.717, 1.165) is 29.6 Å². The first kappa shape index (κ1) is 12.3. The maximum atomic E-state index is 4.46. The third kappa shape index (κ3) is 5.04. The molecule has 0 atom stereocenters. The van der Waals surface area contributed by atoms with Crippen molar-refractivity contribution in [1.29, 1.82) is 0 Å². The first-order valence-electron chi connectivity index (χ1n) is 5.08. The van der Waals surface area contributed by atoms with E-state index in [1.807, 2.05) is 30.9 Å². The summed E-state index contributed by atoms with van der Waals surface area (Å²) < 4.78 is 0. The van der Waals surface area contributed by atoms with Crippen LogP contribution in [0.25, 0.3) is 0 Å². The predicted octanol–water partition coefficient (Wildman–Crippen LogP) is 1.92. The van der Waals surface area contributed by atoms with Gasteiger partial charge in [0.25, 0.3) is 0 Å². The molecule has 0 saturated carbocycles. The van der Waals surface area contributed by atoms with Crippen molar-refractivity contribution in [1.82, 2.24) is 9.88 Å². The zero-order chi connectivity index (χ0) is 11.1. The molecule has 1 heterocycles. The number of nitrogens with zero attached hydrogens (tertiary/aromatic N) is 2. The third-order valence-electron chi connectivity index (χ3n) is 2.00. The normalized spacial score (nSPS) is 10.7. The Morgan fingerprint density at radius 1 is 1.40 bits per heavy atom. The van der Waals surface area contributed by atoms with Crippen LogP contribution in [0.15, 0.2) is 18.2 Å². The zero-order valence-electron chi connectivity index (χ0n) is 9.66. The summed E-state index contributed by atoms with van der Waals surface area (Å²) in [4.78, 5) is 6.66. The van der Waals surface area contributed by atoms with Gasteiger partial charge in [-0.15, -0.1) is 0 Å². The molecule has 0 unspecified atom stereocenters. The molecule has 0 radical (unpaired) electrons. The first-order valence-corrected chi connectivity index (χ1v) is 6.24. The number of hydrogen-bond acceptors (Lipinski definition) is 4. The number of rotatable bonds is 6. The van der Waals surface area contributed by atoms with Crippen molar-refractivity contribution < 1.29 is 0 Å². The maximum Gasteiger partial charge on any atom is 0.125 e. The van der Waals surface area contributed by atoms with Gasteiger partial charge in [-0.3, -0.25) is 0 Å². The highest BCUT2D eigenvalue weighted by Crippen LogP contribution is 2.12. The molecule has 0 aliphatic carbocycles. The van der Waals surface area contributed by atoms with Crippen molar-refractivity contribution in [2.45, 2.75) is 5.75 Å².